The molecule has 0 radical (unpaired) electrons. The van der Waals surface area contributed by atoms with E-state index in [0.717, 1.165) is 12.2 Å². The molecule has 0 spiro atoms. The fourth-order valence-electron chi connectivity index (χ4n) is 0.763. The Balaban J connectivity index is -0.000000306. The van der Waals surface area contributed by atoms with Crippen molar-refractivity contribution in [1.82, 2.24) is 0 Å². The summed E-state index contributed by atoms with van der Waals surface area (Å²) < 4.78 is 13.3. The van der Waals surface area contributed by atoms with Crippen molar-refractivity contribution in [3.63, 3.8) is 0 Å². The average molecular weight is 376 g/mol. The minimum absolute atomic E-state index is 0.0461. The lowest BCUT2D eigenvalue weighted by molar-refractivity contribution is -0.140. The van der Waals surface area contributed by atoms with E-state index in [1.165, 1.54) is 0 Å². The van der Waals surface area contributed by atoms with Crippen molar-refractivity contribution in [2.45, 2.75) is 13.3 Å². The number of ether oxygens (including phenoxy) is 3. The standard InChI is InChI=1S/2C6H10O3.C5H8O3/c1-5(2)6(8)9-4-3-7;1-2-6(8)9-5-3-4-7;1-2-5(7)8-4-3-6/h7H,1,3-4H2,2H3;2,7H,1,3-5H2;2,6H,1,3-4H2. The highest BCUT2D eigenvalue weighted by molar-refractivity contribution is 5.86. The molecule has 0 rings (SSSR count). The van der Waals surface area contributed by atoms with Gasteiger partial charge in [-0.15, -0.1) is 0 Å². The van der Waals surface area contributed by atoms with E-state index in [9.17, 15) is 14.4 Å². The van der Waals surface area contributed by atoms with Crippen LogP contribution in [0.5, 0.6) is 0 Å². The molecule has 0 atom stereocenters. The Morgan fingerprint density at radius 2 is 1.23 bits per heavy atom. The van der Waals surface area contributed by atoms with E-state index >= 15 is 0 Å². The summed E-state index contributed by atoms with van der Waals surface area (Å²) in [6.07, 6.45) is 2.63. The van der Waals surface area contributed by atoms with Crippen molar-refractivity contribution in [1.29, 1.82) is 0 Å². The summed E-state index contributed by atoms with van der Waals surface area (Å²) in [6, 6.07) is 0. The molecule has 0 bridgehead atoms. The Labute approximate surface area is 153 Å². The fourth-order valence-corrected chi connectivity index (χ4v) is 0.763. The summed E-state index contributed by atoms with van der Waals surface area (Å²) in [6.45, 7) is 11.4. The van der Waals surface area contributed by atoms with E-state index in [0.29, 0.717) is 12.0 Å². The highest BCUT2D eigenvalue weighted by Gasteiger charge is 1.99. The molecule has 0 saturated heterocycles. The lowest BCUT2D eigenvalue weighted by atomic mass is 10.4. The summed E-state index contributed by atoms with van der Waals surface area (Å²) >= 11 is 0. The van der Waals surface area contributed by atoms with Gasteiger partial charge < -0.3 is 29.5 Å². The summed E-state index contributed by atoms with van der Waals surface area (Å²) in [4.78, 5) is 30.9. The molecule has 26 heavy (non-hydrogen) atoms. The quantitative estimate of drug-likeness (QED) is 0.206. The van der Waals surface area contributed by atoms with Gasteiger partial charge in [0.05, 0.1) is 19.8 Å². The summed E-state index contributed by atoms with van der Waals surface area (Å²) in [5.74, 6) is -1.40. The van der Waals surface area contributed by atoms with Gasteiger partial charge in [-0.3, -0.25) is 0 Å². The second-order valence-electron chi connectivity index (χ2n) is 4.18. The molecule has 0 aromatic carbocycles. The van der Waals surface area contributed by atoms with E-state index in [2.05, 4.69) is 33.9 Å². The van der Waals surface area contributed by atoms with Gasteiger partial charge in [0, 0.05) is 30.8 Å². The van der Waals surface area contributed by atoms with Crippen LogP contribution in [-0.2, 0) is 28.6 Å². The van der Waals surface area contributed by atoms with Crippen molar-refractivity contribution in [3.05, 3.63) is 37.5 Å². The molecule has 0 heterocycles. The smallest absolute Gasteiger partial charge is 0.333 e. The number of aliphatic hydroxyl groups is 3. The molecule has 9 heteroatoms. The van der Waals surface area contributed by atoms with Crippen LogP contribution in [0.2, 0.25) is 0 Å². The maximum atomic E-state index is 10.5. The minimum Gasteiger partial charge on any atom is -0.462 e. The predicted molar refractivity (Wildman–Crippen MR) is 94.0 cm³/mol. The van der Waals surface area contributed by atoms with Crippen molar-refractivity contribution in [3.8, 4) is 0 Å². The number of rotatable bonds is 10. The topological polar surface area (TPSA) is 140 Å². The molecule has 3 N–H and O–H groups in total. The van der Waals surface area contributed by atoms with Gasteiger partial charge in [-0.2, -0.15) is 0 Å². The lowest BCUT2D eigenvalue weighted by Gasteiger charge is -1.99. The Bertz CT molecular complexity index is 428. The number of carbonyl (C=O) groups excluding carboxylic acids is 3. The zero-order chi connectivity index (χ0) is 20.8. The second-order valence-corrected chi connectivity index (χ2v) is 4.18. The third kappa shape index (κ3) is 26.4. The number of esters is 3. The summed E-state index contributed by atoms with van der Waals surface area (Å²) in [7, 11) is 0. The van der Waals surface area contributed by atoms with E-state index in [4.69, 9.17) is 15.3 Å². The van der Waals surface area contributed by atoms with Crippen LogP contribution in [0.15, 0.2) is 37.5 Å². The predicted octanol–water partition coefficient (Wildman–Crippen LogP) is -0.0961. The molecule has 0 aliphatic rings. The number of carbonyl (C=O) groups is 3. The van der Waals surface area contributed by atoms with Crippen LogP contribution in [0.3, 0.4) is 0 Å². The number of hydrogen-bond donors (Lipinski definition) is 3. The van der Waals surface area contributed by atoms with Crippen LogP contribution in [0, 0.1) is 0 Å². The molecule has 0 saturated carbocycles. The van der Waals surface area contributed by atoms with Crippen LogP contribution in [-0.4, -0.2) is 72.9 Å². The molecule has 0 aromatic rings. The fraction of sp³-hybridized carbons (Fsp3) is 0.471. The van der Waals surface area contributed by atoms with Crippen molar-refractivity contribution in [2.75, 3.05) is 39.6 Å². The maximum absolute atomic E-state index is 10.5. The maximum Gasteiger partial charge on any atom is 0.333 e. The SMILES string of the molecule is C=C(C)C(=O)OCCO.C=CC(=O)OCCCO.C=CC(=O)OCCO. The van der Waals surface area contributed by atoms with Crippen LogP contribution >= 0.6 is 0 Å². The monoisotopic (exact) mass is 376 g/mol. The summed E-state index contributed by atoms with van der Waals surface area (Å²) in [5.41, 5.74) is 0.350. The van der Waals surface area contributed by atoms with Crippen LogP contribution in [0.1, 0.15) is 13.3 Å². The van der Waals surface area contributed by atoms with E-state index in [-0.39, 0.29) is 39.6 Å². The second kappa shape index (κ2) is 22.5. The molecule has 0 aliphatic carbocycles. The molecule has 0 unspecified atom stereocenters. The molecule has 0 aromatic heterocycles. The third-order valence-corrected chi connectivity index (χ3v) is 1.89. The first-order valence-corrected chi connectivity index (χ1v) is 7.54. The Morgan fingerprint density at radius 1 is 0.808 bits per heavy atom. The van der Waals surface area contributed by atoms with Gasteiger partial charge in [-0.1, -0.05) is 19.7 Å². The first-order chi connectivity index (χ1) is 12.3. The minimum atomic E-state index is -0.501. The average Bonchev–Trinajstić information content (AvgIpc) is 2.64. The number of hydrogen-bond acceptors (Lipinski definition) is 9. The molecule has 0 aliphatic heterocycles. The lowest BCUT2D eigenvalue weighted by Crippen LogP contribution is -2.08. The Hall–Kier alpha value is -2.49. The number of aliphatic hydroxyl groups excluding tert-OH is 3. The van der Waals surface area contributed by atoms with Gasteiger partial charge >= 0.3 is 17.9 Å². The zero-order valence-electron chi connectivity index (χ0n) is 15.0. The Morgan fingerprint density at radius 3 is 1.58 bits per heavy atom. The molecular formula is C17H28O9. The highest BCUT2D eigenvalue weighted by Crippen LogP contribution is 1.90. The largest absolute Gasteiger partial charge is 0.462 e. The molecule has 0 fully saturated rings. The van der Waals surface area contributed by atoms with E-state index in [1.807, 2.05) is 0 Å². The van der Waals surface area contributed by atoms with Crippen molar-refractivity contribution >= 4 is 17.9 Å². The first-order valence-electron chi connectivity index (χ1n) is 7.54. The van der Waals surface area contributed by atoms with Crippen molar-refractivity contribution < 1.29 is 43.9 Å². The van der Waals surface area contributed by atoms with Gasteiger partial charge in [-0.25, -0.2) is 14.4 Å². The van der Waals surface area contributed by atoms with Gasteiger partial charge in [0.15, 0.2) is 0 Å². The van der Waals surface area contributed by atoms with Crippen LogP contribution < -0.4 is 0 Å². The van der Waals surface area contributed by atoms with Crippen molar-refractivity contribution in [2.24, 2.45) is 0 Å². The molecular weight excluding hydrogens is 348 g/mol. The highest BCUT2D eigenvalue weighted by atomic mass is 16.5. The van der Waals surface area contributed by atoms with Crippen LogP contribution in [0.4, 0.5) is 0 Å². The zero-order valence-corrected chi connectivity index (χ0v) is 15.0. The van der Waals surface area contributed by atoms with Gasteiger partial charge in [0.25, 0.3) is 0 Å². The third-order valence-electron chi connectivity index (χ3n) is 1.89. The molecule has 9 nitrogen and oxygen atoms in total. The Kier molecular flexibility index (Phi) is 24.5. The van der Waals surface area contributed by atoms with Gasteiger partial charge in [-0.05, 0) is 6.92 Å². The van der Waals surface area contributed by atoms with E-state index < -0.39 is 17.9 Å². The van der Waals surface area contributed by atoms with Crippen LogP contribution in [0.25, 0.3) is 0 Å². The molecule has 150 valence electrons. The molecule has 0 amide bonds. The summed E-state index contributed by atoms with van der Waals surface area (Å²) in [5, 5.41) is 24.5. The van der Waals surface area contributed by atoms with Gasteiger partial charge in [0.1, 0.15) is 13.2 Å². The first kappa shape index (κ1) is 28.3. The normalized spacial score (nSPS) is 8.46. The van der Waals surface area contributed by atoms with Gasteiger partial charge in [0.2, 0.25) is 0 Å². The van der Waals surface area contributed by atoms with E-state index in [1.54, 1.807) is 6.92 Å².